The third-order valence-electron chi connectivity index (χ3n) is 4.26. The molecule has 0 heterocycles. The zero-order valence-electron chi connectivity index (χ0n) is 13.7. The lowest BCUT2D eigenvalue weighted by Crippen LogP contribution is -2.45. The van der Waals surface area contributed by atoms with Crippen LogP contribution in [0, 0.1) is 11.3 Å². The standard InChI is InChI=1S/C16H33NO3/c1-16(2,3)13-6-7-14(17)15(12-13)20-11-10-19-9-5-8-18-4/h13-15H,5-12,17H2,1-4H3. The van der Waals surface area contributed by atoms with Gasteiger partial charge in [0.1, 0.15) is 0 Å². The van der Waals surface area contributed by atoms with Crippen molar-refractivity contribution in [2.24, 2.45) is 17.1 Å². The van der Waals surface area contributed by atoms with Crippen molar-refractivity contribution in [1.82, 2.24) is 0 Å². The second-order valence-corrected chi connectivity index (χ2v) is 6.91. The van der Waals surface area contributed by atoms with Gasteiger partial charge >= 0.3 is 0 Å². The number of nitrogens with two attached hydrogens (primary N) is 1. The van der Waals surface area contributed by atoms with E-state index in [1.807, 2.05) is 0 Å². The molecule has 4 heteroatoms. The molecule has 1 saturated carbocycles. The molecule has 0 aromatic carbocycles. The van der Waals surface area contributed by atoms with Crippen molar-refractivity contribution in [3.63, 3.8) is 0 Å². The van der Waals surface area contributed by atoms with Crippen molar-refractivity contribution in [2.75, 3.05) is 33.5 Å². The lowest BCUT2D eigenvalue weighted by Gasteiger charge is -2.40. The molecule has 0 bridgehead atoms. The van der Waals surface area contributed by atoms with E-state index in [4.69, 9.17) is 19.9 Å². The molecule has 0 amide bonds. The topological polar surface area (TPSA) is 53.7 Å². The van der Waals surface area contributed by atoms with Crippen LogP contribution in [0.2, 0.25) is 0 Å². The highest BCUT2D eigenvalue weighted by atomic mass is 16.5. The highest BCUT2D eigenvalue weighted by molar-refractivity contribution is 4.88. The van der Waals surface area contributed by atoms with Gasteiger partial charge in [0.2, 0.25) is 0 Å². The molecule has 3 atom stereocenters. The normalized spacial score (nSPS) is 27.8. The van der Waals surface area contributed by atoms with Gasteiger partial charge in [0.05, 0.1) is 19.3 Å². The Balaban J connectivity index is 2.17. The number of rotatable bonds is 8. The summed E-state index contributed by atoms with van der Waals surface area (Å²) in [5, 5.41) is 0. The van der Waals surface area contributed by atoms with Crippen LogP contribution >= 0.6 is 0 Å². The molecule has 1 aliphatic rings. The van der Waals surface area contributed by atoms with Crippen molar-refractivity contribution < 1.29 is 14.2 Å². The van der Waals surface area contributed by atoms with Gasteiger partial charge in [0.15, 0.2) is 0 Å². The number of ether oxygens (including phenoxy) is 3. The Morgan fingerprint density at radius 2 is 1.80 bits per heavy atom. The third-order valence-corrected chi connectivity index (χ3v) is 4.26. The zero-order valence-corrected chi connectivity index (χ0v) is 13.7. The van der Waals surface area contributed by atoms with E-state index in [0.717, 1.165) is 32.5 Å². The fourth-order valence-electron chi connectivity index (χ4n) is 2.80. The first-order valence-electron chi connectivity index (χ1n) is 7.89. The average Bonchev–Trinajstić information content (AvgIpc) is 2.38. The third kappa shape index (κ3) is 6.53. The first kappa shape index (κ1) is 17.9. The summed E-state index contributed by atoms with van der Waals surface area (Å²) in [5.74, 6) is 0.704. The number of hydrogen-bond donors (Lipinski definition) is 1. The van der Waals surface area contributed by atoms with Crippen molar-refractivity contribution >= 4 is 0 Å². The minimum absolute atomic E-state index is 0.182. The summed E-state index contributed by atoms with van der Waals surface area (Å²) in [6.07, 6.45) is 4.50. The highest BCUT2D eigenvalue weighted by Gasteiger charge is 2.34. The van der Waals surface area contributed by atoms with Crippen LogP contribution in [-0.4, -0.2) is 45.7 Å². The van der Waals surface area contributed by atoms with Gasteiger partial charge in [0, 0.05) is 26.4 Å². The molecular formula is C16H33NO3. The summed E-state index contributed by atoms with van der Waals surface area (Å²) in [6, 6.07) is 0.182. The van der Waals surface area contributed by atoms with Gasteiger partial charge in [-0.25, -0.2) is 0 Å². The Morgan fingerprint density at radius 3 is 2.45 bits per heavy atom. The van der Waals surface area contributed by atoms with E-state index in [1.165, 1.54) is 6.42 Å². The molecule has 0 aliphatic heterocycles. The van der Waals surface area contributed by atoms with E-state index in [1.54, 1.807) is 7.11 Å². The summed E-state index contributed by atoms with van der Waals surface area (Å²) >= 11 is 0. The van der Waals surface area contributed by atoms with E-state index in [0.29, 0.717) is 24.5 Å². The molecule has 0 saturated heterocycles. The van der Waals surface area contributed by atoms with Crippen molar-refractivity contribution in [3.8, 4) is 0 Å². The van der Waals surface area contributed by atoms with Crippen molar-refractivity contribution in [3.05, 3.63) is 0 Å². The summed E-state index contributed by atoms with van der Waals surface area (Å²) in [5.41, 5.74) is 6.53. The quantitative estimate of drug-likeness (QED) is 0.697. The predicted octanol–water partition coefficient (Wildman–Crippen LogP) is 2.60. The average molecular weight is 287 g/mol. The van der Waals surface area contributed by atoms with Crippen LogP contribution in [0.15, 0.2) is 0 Å². The van der Waals surface area contributed by atoms with Crippen LogP contribution in [0.25, 0.3) is 0 Å². The Bertz CT molecular complexity index is 253. The lowest BCUT2D eigenvalue weighted by atomic mass is 9.70. The van der Waals surface area contributed by atoms with Crippen LogP contribution in [0.1, 0.15) is 46.5 Å². The zero-order chi connectivity index (χ0) is 15.0. The van der Waals surface area contributed by atoms with Gasteiger partial charge in [0.25, 0.3) is 0 Å². The van der Waals surface area contributed by atoms with Crippen molar-refractivity contribution in [2.45, 2.75) is 58.6 Å². The summed E-state index contributed by atoms with van der Waals surface area (Å²) in [6.45, 7) is 9.70. The second-order valence-electron chi connectivity index (χ2n) is 6.91. The molecule has 2 N–H and O–H groups in total. The maximum absolute atomic E-state index is 6.18. The highest BCUT2D eigenvalue weighted by Crippen LogP contribution is 2.38. The van der Waals surface area contributed by atoms with Crippen LogP contribution < -0.4 is 5.73 Å². The smallest absolute Gasteiger partial charge is 0.0729 e. The van der Waals surface area contributed by atoms with Crippen LogP contribution in [0.4, 0.5) is 0 Å². The van der Waals surface area contributed by atoms with Crippen LogP contribution in [0.3, 0.4) is 0 Å². The monoisotopic (exact) mass is 287 g/mol. The van der Waals surface area contributed by atoms with Gasteiger partial charge in [-0.3, -0.25) is 0 Å². The number of hydrogen-bond acceptors (Lipinski definition) is 4. The van der Waals surface area contributed by atoms with E-state index < -0.39 is 0 Å². The SMILES string of the molecule is COCCCOCCOC1CC(C(C)(C)C)CCC1N. The molecule has 1 rings (SSSR count). The molecule has 1 aliphatic carbocycles. The Morgan fingerprint density at radius 1 is 1.05 bits per heavy atom. The van der Waals surface area contributed by atoms with Gasteiger partial charge in [-0.15, -0.1) is 0 Å². The van der Waals surface area contributed by atoms with E-state index in [-0.39, 0.29) is 12.1 Å². The van der Waals surface area contributed by atoms with Gasteiger partial charge in [-0.1, -0.05) is 20.8 Å². The summed E-state index contributed by atoms with van der Waals surface area (Å²) in [4.78, 5) is 0. The molecular weight excluding hydrogens is 254 g/mol. The van der Waals surface area contributed by atoms with Crippen LogP contribution in [0.5, 0.6) is 0 Å². The first-order valence-corrected chi connectivity index (χ1v) is 7.89. The van der Waals surface area contributed by atoms with E-state index >= 15 is 0 Å². The van der Waals surface area contributed by atoms with Gasteiger partial charge < -0.3 is 19.9 Å². The second kappa shape index (κ2) is 8.98. The minimum atomic E-state index is 0.182. The molecule has 120 valence electrons. The maximum Gasteiger partial charge on any atom is 0.0729 e. The maximum atomic E-state index is 6.18. The Kier molecular flexibility index (Phi) is 8.03. The Labute approximate surface area is 124 Å². The summed E-state index contributed by atoms with van der Waals surface area (Å²) < 4.78 is 16.4. The molecule has 1 fully saturated rings. The predicted molar refractivity (Wildman–Crippen MR) is 81.8 cm³/mol. The van der Waals surface area contributed by atoms with Crippen molar-refractivity contribution in [1.29, 1.82) is 0 Å². The molecule has 4 nitrogen and oxygen atoms in total. The minimum Gasteiger partial charge on any atom is -0.385 e. The number of methoxy groups -OCH3 is 1. The molecule has 0 aromatic rings. The molecule has 20 heavy (non-hydrogen) atoms. The fraction of sp³-hybridized carbons (Fsp3) is 1.00. The largest absolute Gasteiger partial charge is 0.385 e. The molecule has 0 aromatic heterocycles. The van der Waals surface area contributed by atoms with E-state index in [2.05, 4.69) is 20.8 Å². The van der Waals surface area contributed by atoms with E-state index in [9.17, 15) is 0 Å². The van der Waals surface area contributed by atoms with Gasteiger partial charge in [-0.2, -0.15) is 0 Å². The fourth-order valence-corrected chi connectivity index (χ4v) is 2.80. The molecule has 0 radical (unpaired) electrons. The van der Waals surface area contributed by atoms with Gasteiger partial charge in [-0.05, 0) is 37.0 Å². The molecule has 3 unspecified atom stereocenters. The Hall–Kier alpha value is -0.160. The summed E-state index contributed by atoms with van der Waals surface area (Å²) in [7, 11) is 1.71. The molecule has 0 spiro atoms. The first-order chi connectivity index (χ1) is 9.45. The van der Waals surface area contributed by atoms with Crippen LogP contribution in [-0.2, 0) is 14.2 Å². The lowest BCUT2D eigenvalue weighted by molar-refractivity contribution is -0.0425.